The van der Waals surface area contributed by atoms with Crippen molar-refractivity contribution in [2.45, 2.75) is 19.4 Å². The SMILES string of the molecule is CNC(=O)c1ccc(Nc2cc(-c3ccc4cn(CC5CC5)nc4c3)nc(N3CCOCC3)n2)cn1. The van der Waals surface area contributed by atoms with Crippen molar-refractivity contribution in [1.29, 1.82) is 0 Å². The van der Waals surface area contributed by atoms with Gasteiger partial charge in [-0.05, 0) is 37.0 Å². The molecule has 1 amide bonds. The molecule has 2 fully saturated rings. The Kier molecular flexibility index (Phi) is 5.94. The summed E-state index contributed by atoms with van der Waals surface area (Å²) >= 11 is 0. The van der Waals surface area contributed by atoms with E-state index in [4.69, 9.17) is 19.8 Å². The van der Waals surface area contributed by atoms with E-state index >= 15 is 0 Å². The molecule has 4 aromatic rings. The van der Waals surface area contributed by atoms with Gasteiger partial charge in [-0.15, -0.1) is 0 Å². The molecule has 2 N–H and O–H groups in total. The number of pyridine rings is 1. The van der Waals surface area contributed by atoms with Crippen molar-refractivity contribution in [2.24, 2.45) is 5.92 Å². The zero-order valence-electron chi connectivity index (χ0n) is 20.1. The van der Waals surface area contributed by atoms with Crippen LogP contribution in [0.25, 0.3) is 22.2 Å². The molecule has 1 aromatic carbocycles. The number of aromatic nitrogens is 5. The first kappa shape index (κ1) is 22.4. The highest BCUT2D eigenvalue weighted by Crippen LogP contribution is 2.32. The Bertz CT molecular complexity index is 1390. The van der Waals surface area contributed by atoms with E-state index in [-0.39, 0.29) is 5.91 Å². The number of carbonyl (C=O) groups excluding carboxylic acids is 1. The smallest absolute Gasteiger partial charge is 0.269 e. The fourth-order valence-corrected chi connectivity index (χ4v) is 4.31. The van der Waals surface area contributed by atoms with Crippen LogP contribution in [0.4, 0.5) is 17.5 Å². The molecular weight excluding hydrogens is 456 g/mol. The lowest BCUT2D eigenvalue weighted by atomic mass is 10.1. The average Bonchev–Trinajstić information content (AvgIpc) is 3.64. The maximum absolute atomic E-state index is 11.8. The number of morpholine rings is 1. The monoisotopic (exact) mass is 484 g/mol. The molecule has 10 heteroatoms. The van der Waals surface area contributed by atoms with Gasteiger partial charge in [-0.2, -0.15) is 10.1 Å². The van der Waals surface area contributed by atoms with Crippen molar-refractivity contribution in [3.05, 3.63) is 54.5 Å². The first-order valence-electron chi connectivity index (χ1n) is 12.3. The van der Waals surface area contributed by atoms with Gasteiger partial charge in [-0.3, -0.25) is 9.48 Å². The molecule has 10 nitrogen and oxygen atoms in total. The van der Waals surface area contributed by atoms with Gasteiger partial charge in [-0.25, -0.2) is 9.97 Å². The average molecular weight is 485 g/mol. The summed E-state index contributed by atoms with van der Waals surface area (Å²) in [6.45, 7) is 3.74. The van der Waals surface area contributed by atoms with Crippen LogP contribution in [0.1, 0.15) is 23.3 Å². The fraction of sp³-hybridized carbons (Fsp3) is 0.346. The number of carbonyl (C=O) groups is 1. The van der Waals surface area contributed by atoms with Gasteiger partial charge in [0.25, 0.3) is 5.91 Å². The second kappa shape index (κ2) is 9.54. The molecule has 2 aliphatic rings. The van der Waals surface area contributed by atoms with Gasteiger partial charge in [0.1, 0.15) is 11.5 Å². The first-order valence-corrected chi connectivity index (χ1v) is 12.3. The Morgan fingerprint density at radius 3 is 2.72 bits per heavy atom. The van der Waals surface area contributed by atoms with Crippen molar-refractivity contribution in [2.75, 3.05) is 43.6 Å². The quantitative estimate of drug-likeness (QED) is 0.411. The minimum Gasteiger partial charge on any atom is -0.378 e. The topological polar surface area (TPSA) is 110 Å². The Morgan fingerprint density at radius 1 is 1.11 bits per heavy atom. The number of ether oxygens (including phenoxy) is 1. The number of nitrogens with one attached hydrogen (secondary N) is 2. The van der Waals surface area contributed by atoms with E-state index < -0.39 is 0 Å². The number of hydrogen-bond donors (Lipinski definition) is 2. The van der Waals surface area contributed by atoms with E-state index in [1.807, 2.05) is 12.1 Å². The zero-order valence-corrected chi connectivity index (χ0v) is 20.1. The van der Waals surface area contributed by atoms with Gasteiger partial charge in [0.15, 0.2) is 0 Å². The van der Waals surface area contributed by atoms with Gasteiger partial charge in [-0.1, -0.05) is 12.1 Å². The molecule has 36 heavy (non-hydrogen) atoms. The molecule has 0 radical (unpaired) electrons. The van der Waals surface area contributed by atoms with Gasteiger partial charge in [0.05, 0.1) is 36.3 Å². The molecule has 1 saturated heterocycles. The van der Waals surface area contributed by atoms with Crippen LogP contribution in [0.15, 0.2) is 48.8 Å². The Morgan fingerprint density at radius 2 is 1.97 bits per heavy atom. The fourth-order valence-electron chi connectivity index (χ4n) is 4.31. The molecule has 1 saturated carbocycles. The van der Waals surface area contributed by atoms with E-state index in [1.54, 1.807) is 19.3 Å². The molecule has 4 heterocycles. The highest BCUT2D eigenvalue weighted by atomic mass is 16.5. The number of anilines is 3. The molecular formula is C26H28N8O2. The summed E-state index contributed by atoms with van der Waals surface area (Å²) in [5, 5.41) is 11.8. The van der Waals surface area contributed by atoms with Gasteiger partial charge in [0.2, 0.25) is 5.95 Å². The number of hydrogen-bond acceptors (Lipinski definition) is 8. The molecule has 0 unspecified atom stereocenters. The minimum atomic E-state index is -0.226. The van der Waals surface area contributed by atoms with Gasteiger partial charge in [0, 0.05) is 49.9 Å². The predicted octanol–water partition coefficient (Wildman–Crippen LogP) is 3.24. The van der Waals surface area contributed by atoms with Crippen LogP contribution in [0.3, 0.4) is 0 Å². The lowest BCUT2D eigenvalue weighted by Gasteiger charge is -2.27. The third-order valence-electron chi connectivity index (χ3n) is 6.50. The second-order valence-corrected chi connectivity index (χ2v) is 9.24. The summed E-state index contributed by atoms with van der Waals surface area (Å²) < 4.78 is 7.58. The van der Waals surface area contributed by atoms with Crippen LogP contribution in [-0.4, -0.2) is 64.0 Å². The van der Waals surface area contributed by atoms with Gasteiger partial charge >= 0.3 is 0 Å². The summed E-state index contributed by atoms with van der Waals surface area (Å²) in [7, 11) is 1.58. The summed E-state index contributed by atoms with van der Waals surface area (Å²) in [5.41, 5.74) is 3.84. The Hall–Kier alpha value is -4.05. The predicted molar refractivity (Wildman–Crippen MR) is 137 cm³/mol. The number of benzene rings is 1. The van der Waals surface area contributed by atoms with Crippen LogP contribution in [0.2, 0.25) is 0 Å². The Labute approximate surface area is 208 Å². The molecule has 0 atom stereocenters. The Balaban J connectivity index is 1.33. The van der Waals surface area contributed by atoms with E-state index in [0.717, 1.165) is 53.4 Å². The van der Waals surface area contributed by atoms with Crippen LogP contribution >= 0.6 is 0 Å². The third kappa shape index (κ3) is 4.85. The molecule has 0 spiro atoms. The molecule has 6 rings (SSSR count). The third-order valence-corrected chi connectivity index (χ3v) is 6.50. The van der Waals surface area contributed by atoms with Crippen LogP contribution < -0.4 is 15.5 Å². The van der Waals surface area contributed by atoms with Gasteiger partial charge < -0.3 is 20.3 Å². The highest BCUT2D eigenvalue weighted by Gasteiger charge is 2.22. The van der Waals surface area contributed by atoms with E-state index in [0.29, 0.717) is 30.7 Å². The number of amides is 1. The van der Waals surface area contributed by atoms with Crippen molar-refractivity contribution in [3.8, 4) is 11.3 Å². The highest BCUT2D eigenvalue weighted by molar-refractivity contribution is 5.92. The van der Waals surface area contributed by atoms with Crippen molar-refractivity contribution in [3.63, 3.8) is 0 Å². The second-order valence-electron chi connectivity index (χ2n) is 9.24. The van der Waals surface area contributed by atoms with Crippen LogP contribution in [0, 0.1) is 5.92 Å². The van der Waals surface area contributed by atoms with E-state index in [9.17, 15) is 4.79 Å². The van der Waals surface area contributed by atoms with E-state index in [1.165, 1.54) is 12.8 Å². The molecule has 1 aliphatic carbocycles. The summed E-state index contributed by atoms with van der Waals surface area (Å²) in [6, 6.07) is 11.7. The van der Waals surface area contributed by atoms with Crippen molar-refractivity contribution < 1.29 is 9.53 Å². The number of rotatable bonds is 7. The van der Waals surface area contributed by atoms with Crippen LogP contribution in [0.5, 0.6) is 0 Å². The van der Waals surface area contributed by atoms with E-state index in [2.05, 4.69) is 49.6 Å². The normalized spacial score (nSPS) is 15.8. The maximum Gasteiger partial charge on any atom is 0.269 e. The standard InChI is InChI=1S/C26H28N8O2/c1-27-25(35)21-7-6-20(14-28-21)29-24-13-22(30-26(31-24)33-8-10-36-11-9-33)18-4-5-19-16-34(15-17-2-3-17)32-23(19)12-18/h4-7,12-14,16-17H,2-3,8-11,15H2,1H3,(H,27,35)(H,29,30,31). The summed E-state index contributed by atoms with van der Waals surface area (Å²) in [4.78, 5) is 27.9. The molecule has 184 valence electrons. The zero-order chi connectivity index (χ0) is 24.5. The number of fused-ring (bicyclic) bond motifs is 1. The van der Waals surface area contributed by atoms with Crippen molar-refractivity contribution >= 4 is 34.3 Å². The molecule has 0 bridgehead atoms. The van der Waals surface area contributed by atoms with Crippen LogP contribution in [-0.2, 0) is 11.3 Å². The van der Waals surface area contributed by atoms with Crippen molar-refractivity contribution in [1.82, 2.24) is 30.0 Å². The summed E-state index contributed by atoms with van der Waals surface area (Å²) in [5.74, 6) is 1.84. The maximum atomic E-state index is 11.8. The minimum absolute atomic E-state index is 0.226. The largest absolute Gasteiger partial charge is 0.378 e. The lowest BCUT2D eigenvalue weighted by molar-refractivity contribution is 0.0958. The molecule has 1 aliphatic heterocycles. The lowest BCUT2D eigenvalue weighted by Crippen LogP contribution is -2.37. The number of nitrogens with zero attached hydrogens (tertiary/aromatic N) is 6. The molecule has 3 aromatic heterocycles. The summed E-state index contributed by atoms with van der Waals surface area (Å²) in [6.07, 6.45) is 6.34. The first-order chi connectivity index (χ1) is 17.6.